The van der Waals surface area contributed by atoms with E-state index in [0.717, 1.165) is 41.9 Å². The summed E-state index contributed by atoms with van der Waals surface area (Å²) in [7, 11) is 0. The molecular formula is C23H37NO7S2. The van der Waals surface area contributed by atoms with Gasteiger partial charge in [-0.1, -0.05) is 49.8 Å². The van der Waals surface area contributed by atoms with Crippen LogP contribution in [0.5, 0.6) is 11.5 Å². The third-order valence-corrected chi connectivity index (χ3v) is 7.75. The van der Waals surface area contributed by atoms with Gasteiger partial charge >= 0.3 is 11.9 Å². The van der Waals surface area contributed by atoms with E-state index in [-0.39, 0.29) is 16.8 Å². The van der Waals surface area contributed by atoms with Crippen LogP contribution in [-0.2, 0) is 27.2 Å². The second kappa shape index (κ2) is 16.9. The van der Waals surface area contributed by atoms with Gasteiger partial charge in [0.2, 0.25) is 6.79 Å². The van der Waals surface area contributed by atoms with Crippen LogP contribution in [0.3, 0.4) is 0 Å². The van der Waals surface area contributed by atoms with Crippen molar-refractivity contribution in [2.24, 2.45) is 5.73 Å². The predicted octanol–water partition coefficient (Wildman–Crippen LogP) is 3.67. The third-order valence-electron chi connectivity index (χ3n) is 4.95. The molecule has 0 spiro atoms. The fraction of sp³-hybridized carbons (Fsp3) is 0.652. The second-order valence-corrected chi connectivity index (χ2v) is 10.9. The van der Waals surface area contributed by atoms with Crippen molar-refractivity contribution in [1.29, 1.82) is 0 Å². The van der Waals surface area contributed by atoms with Gasteiger partial charge in [0.25, 0.3) is 0 Å². The third kappa shape index (κ3) is 13.0. The Kier molecular flexibility index (Phi) is 15.1. The fourth-order valence-electron chi connectivity index (χ4n) is 3.06. The van der Waals surface area contributed by atoms with Crippen LogP contribution < -0.4 is 15.2 Å². The number of hydrogen-bond acceptors (Lipinski definition) is 7. The number of ether oxygens (including phenoxy) is 2. The number of carbonyl (C=O) groups is 2. The molecule has 3 atom stereocenters. The van der Waals surface area contributed by atoms with Crippen molar-refractivity contribution in [3.8, 4) is 11.5 Å². The molecule has 0 saturated heterocycles. The van der Waals surface area contributed by atoms with Gasteiger partial charge < -0.3 is 30.0 Å². The summed E-state index contributed by atoms with van der Waals surface area (Å²) < 4.78 is 23.0. The lowest BCUT2D eigenvalue weighted by Crippen LogP contribution is -2.32. The Morgan fingerprint density at radius 1 is 1.15 bits per heavy atom. The SMILES string of the molecule is CCCCCCCC[S+]([O-])C(C)Cc1ccc2c(c1)OCO2.N[C@@H](CSCC(=O)O)C(=O)O. The summed E-state index contributed by atoms with van der Waals surface area (Å²) in [4.78, 5) is 20.0. The standard InChI is InChI=1S/C18H28O3S.C5H9NO4S/c1-3-4-5-6-7-8-11-22(19)15(2)12-16-9-10-17-18(13-16)21-14-20-17;6-3(5(9)10)1-11-2-4(7)8/h9-10,13,15H,3-8,11-12,14H2,1-2H3;3H,1-2,6H2,(H,7,8)(H,9,10)/t;3-/m.0/s1. The first-order valence-electron chi connectivity index (χ1n) is 11.3. The molecule has 1 heterocycles. The number of thioether (sulfide) groups is 1. The molecule has 0 aliphatic carbocycles. The maximum Gasteiger partial charge on any atom is 0.321 e. The Hall–Kier alpha value is -1.62. The highest BCUT2D eigenvalue weighted by Crippen LogP contribution is 2.33. The number of carboxylic acid groups (broad SMARTS) is 2. The van der Waals surface area contributed by atoms with Crippen LogP contribution in [0.1, 0.15) is 57.9 Å². The minimum absolute atomic E-state index is 0.110. The van der Waals surface area contributed by atoms with E-state index < -0.39 is 29.2 Å². The molecule has 188 valence electrons. The molecule has 33 heavy (non-hydrogen) atoms. The molecular weight excluding hydrogens is 466 g/mol. The van der Waals surface area contributed by atoms with Crippen molar-refractivity contribution >= 4 is 34.9 Å². The van der Waals surface area contributed by atoms with Crippen LogP contribution >= 0.6 is 11.8 Å². The number of carboxylic acids is 2. The highest BCUT2D eigenvalue weighted by atomic mass is 32.2. The number of aliphatic carboxylic acids is 2. The van der Waals surface area contributed by atoms with Gasteiger partial charge in [0.05, 0.1) is 5.75 Å². The summed E-state index contributed by atoms with van der Waals surface area (Å²) in [6.45, 7) is 4.61. The van der Waals surface area contributed by atoms with Crippen LogP contribution in [0.15, 0.2) is 18.2 Å². The van der Waals surface area contributed by atoms with Gasteiger partial charge in [-0.3, -0.25) is 9.59 Å². The van der Waals surface area contributed by atoms with Crippen LogP contribution in [0.25, 0.3) is 0 Å². The van der Waals surface area contributed by atoms with E-state index in [2.05, 4.69) is 13.8 Å². The van der Waals surface area contributed by atoms with E-state index in [1.165, 1.54) is 37.7 Å². The highest BCUT2D eigenvalue weighted by molar-refractivity contribution is 8.00. The lowest BCUT2D eigenvalue weighted by molar-refractivity contribution is -0.138. The average Bonchev–Trinajstić information content (AvgIpc) is 3.24. The minimum Gasteiger partial charge on any atom is -0.616 e. The minimum atomic E-state index is -1.11. The molecule has 4 N–H and O–H groups in total. The van der Waals surface area contributed by atoms with Gasteiger partial charge in [-0.2, -0.15) is 0 Å². The molecule has 2 rings (SSSR count). The van der Waals surface area contributed by atoms with Crippen molar-refractivity contribution in [2.45, 2.75) is 70.1 Å². The summed E-state index contributed by atoms with van der Waals surface area (Å²) >= 11 is 0.250. The van der Waals surface area contributed by atoms with Crippen molar-refractivity contribution in [3.63, 3.8) is 0 Å². The van der Waals surface area contributed by atoms with Gasteiger partial charge in [0, 0.05) is 12.2 Å². The Labute approximate surface area is 203 Å². The first-order valence-corrected chi connectivity index (χ1v) is 13.8. The lowest BCUT2D eigenvalue weighted by atomic mass is 10.1. The number of benzene rings is 1. The summed E-state index contributed by atoms with van der Waals surface area (Å²) in [6, 6.07) is 5.03. The van der Waals surface area contributed by atoms with Gasteiger partial charge in [-0.05, 0) is 37.5 Å². The van der Waals surface area contributed by atoms with Gasteiger partial charge in [-0.25, -0.2) is 0 Å². The Morgan fingerprint density at radius 2 is 1.82 bits per heavy atom. The van der Waals surface area contributed by atoms with Gasteiger partial charge in [0.15, 0.2) is 11.5 Å². The fourth-order valence-corrected chi connectivity index (χ4v) is 5.02. The lowest BCUT2D eigenvalue weighted by Gasteiger charge is -2.18. The highest BCUT2D eigenvalue weighted by Gasteiger charge is 2.19. The topological polar surface area (TPSA) is 142 Å². The smallest absolute Gasteiger partial charge is 0.321 e. The molecule has 0 radical (unpaired) electrons. The van der Waals surface area contributed by atoms with Crippen molar-refractivity contribution in [3.05, 3.63) is 23.8 Å². The van der Waals surface area contributed by atoms with E-state index in [1.54, 1.807) is 0 Å². The van der Waals surface area contributed by atoms with Gasteiger partial charge in [-0.15, -0.1) is 11.8 Å². The Bertz CT molecular complexity index is 720. The molecule has 0 bridgehead atoms. The van der Waals surface area contributed by atoms with Crippen LogP contribution in [0.2, 0.25) is 0 Å². The maximum absolute atomic E-state index is 12.3. The molecule has 8 nitrogen and oxygen atoms in total. The first-order chi connectivity index (χ1) is 15.7. The number of hydrogen-bond donors (Lipinski definition) is 3. The molecule has 10 heteroatoms. The Balaban J connectivity index is 0.000000420. The predicted molar refractivity (Wildman–Crippen MR) is 133 cm³/mol. The van der Waals surface area contributed by atoms with Crippen LogP contribution in [-0.4, -0.2) is 62.0 Å². The zero-order chi connectivity index (χ0) is 24.6. The van der Waals surface area contributed by atoms with E-state index in [4.69, 9.17) is 25.4 Å². The van der Waals surface area contributed by atoms with E-state index >= 15 is 0 Å². The number of unbranched alkanes of at least 4 members (excludes halogenated alkanes) is 5. The zero-order valence-corrected chi connectivity index (χ0v) is 21.1. The first kappa shape index (κ1) is 29.4. The second-order valence-electron chi connectivity index (χ2n) is 7.91. The van der Waals surface area contributed by atoms with Crippen molar-refractivity contribution < 1.29 is 33.8 Å². The van der Waals surface area contributed by atoms with E-state index in [9.17, 15) is 14.1 Å². The molecule has 0 amide bonds. The largest absolute Gasteiger partial charge is 0.616 e. The van der Waals surface area contributed by atoms with Crippen molar-refractivity contribution in [1.82, 2.24) is 0 Å². The monoisotopic (exact) mass is 503 g/mol. The quantitative estimate of drug-likeness (QED) is 0.241. The molecule has 1 aromatic carbocycles. The molecule has 0 fully saturated rings. The Morgan fingerprint density at radius 3 is 2.48 bits per heavy atom. The normalized spacial score (nSPS) is 14.7. The molecule has 0 aromatic heterocycles. The number of nitrogens with two attached hydrogens (primary N) is 1. The van der Waals surface area contributed by atoms with Crippen LogP contribution in [0.4, 0.5) is 0 Å². The molecule has 1 aliphatic rings. The summed E-state index contributed by atoms with van der Waals surface area (Å²) in [5, 5.41) is 16.6. The molecule has 0 saturated carbocycles. The van der Waals surface area contributed by atoms with Crippen LogP contribution in [0, 0.1) is 0 Å². The zero-order valence-electron chi connectivity index (χ0n) is 19.5. The van der Waals surface area contributed by atoms with E-state index in [0.29, 0.717) is 6.79 Å². The summed E-state index contributed by atoms with van der Waals surface area (Å²) in [5.41, 5.74) is 6.26. The summed E-state index contributed by atoms with van der Waals surface area (Å²) in [5.74, 6) is 0.395. The number of rotatable bonds is 15. The van der Waals surface area contributed by atoms with Crippen molar-refractivity contribution in [2.75, 3.05) is 24.1 Å². The van der Waals surface area contributed by atoms with E-state index in [1.807, 2.05) is 18.2 Å². The number of fused-ring (bicyclic) bond motifs is 1. The molecule has 1 aliphatic heterocycles. The van der Waals surface area contributed by atoms with Gasteiger partial charge in [0.1, 0.15) is 17.0 Å². The summed E-state index contributed by atoms with van der Waals surface area (Å²) in [6.07, 6.45) is 8.32. The maximum atomic E-state index is 12.3. The molecule has 1 aromatic rings. The molecule has 2 unspecified atom stereocenters. The average molecular weight is 504 g/mol.